The van der Waals surface area contributed by atoms with Crippen LogP contribution in [-0.4, -0.2) is 21.7 Å². The third kappa shape index (κ3) is 2.51. The first-order valence-corrected chi connectivity index (χ1v) is 7.09. The van der Waals surface area contributed by atoms with Crippen LogP contribution in [0.3, 0.4) is 0 Å². The predicted octanol–water partition coefficient (Wildman–Crippen LogP) is 2.67. The van der Waals surface area contributed by atoms with Crippen LogP contribution in [0.2, 0.25) is 0 Å². The van der Waals surface area contributed by atoms with Crippen molar-refractivity contribution in [2.75, 3.05) is 6.54 Å². The summed E-state index contributed by atoms with van der Waals surface area (Å²) in [4.78, 5) is 4.70. The van der Waals surface area contributed by atoms with Crippen LogP contribution in [0, 0.1) is 0 Å². The van der Waals surface area contributed by atoms with Gasteiger partial charge in [0.25, 0.3) is 0 Å². The van der Waals surface area contributed by atoms with Crippen molar-refractivity contribution in [1.82, 2.24) is 20.5 Å². The number of rotatable bonds is 2. The molecule has 1 aromatic rings. The van der Waals surface area contributed by atoms with E-state index in [-0.39, 0.29) is 0 Å². The molecule has 1 aliphatic heterocycles. The fourth-order valence-electron chi connectivity index (χ4n) is 2.86. The zero-order valence-corrected chi connectivity index (χ0v) is 10.4. The van der Waals surface area contributed by atoms with Gasteiger partial charge in [0.1, 0.15) is 5.82 Å². The molecule has 1 unspecified atom stereocenters. The number of nitrogens with zero attached hydrogens (tertiary/aromatic N) is 2. The van der Waals surface area contributed by atoms with E-state index in [1.165, 1.54) is 51.4 Å². The SMILES string of the molecule is C1CCCC(c2n[nH]c(C3CCN3)n2)CCC1. The molecule has 17 heavy (non-hydrogen) atoms. The van der Waals surface area contributed by atoms with Gasteiger partial charge in [-0.15, -0.1) is 0 Å². The summed E-state index contributed by atoms with van der Waals surface area (Å²) in [6.45, 7) is 1.12. The second-order valence-corrected chi connectivity index (χ2v) is 5.42. The normalized spacial score (nSPS) is 27.2. The van der Waals surface area contributed by atoms with Crippen LogP contribution in [0.1, 0.15) is 75.0 Å². The van der Waals surface area contributed by atoms with E-state index in [0.29, 0.717) is 12.0 Å². The lowest BCUT2D eigenvalue weighted by Gasteiger charge is -2.24. The Kier molecular flexibility index (Phi) is 3.41. The minimum Gasteiger partial charge on any atom is -0.307 e. The summed E-state index contributed by atoms with van der Waals surface area (Å²) in [6, 6.07) is 0.435. The number of aromatic nitrogens is 3. The standard InChI is InChI=1S/C13H22N4/c1-2-4-6-10(7-5-3-1)12-15-13(17-16-12)11-8-9-14-11/h10-11,14H,1-9H2,(H,15,16,17). The average Bonchev–Trinajstić information content (AvgIpc) is 2.63. The molecule has 0 radical (unpaired) electrons. The molecule has 3 rings (SSSR count). The number of nitrogens with one attached hydrogen (secondary N) is 2. The second-order valence-electron chi connectivity index (χ2n) is 5.42. The van der Waals surface area contributed by atoms with E-state index in [2.05, 4.69) is 15.5 Å². The highest BCUT2D eigenvalue weighted by atomic mass is 15.2. The summed E-state index contributed by atoms with van der Waals surface area (Å²) in [5.74, 6) is 2.71. The second kappa shape index (κ2) is 5.17. The molecule has 0 amide bonds. The van der Waals surface area contributed by atoms with Crippen molar-refractivity contribution in [2.24, 2.45) is 0 Å². The molecule has 4 nitrogen and oxygen atoms in total. The molecule has 2 heterocycles. The van der Waals surface area contributed by atoms with Crippen LogP contribution >= 0.6 is 0 Å². The Morgan fingerprint density at radius 3 is 2.29 bits per heavy atom. The number of hydrogen-bond donors (Lipinski definition) is 2. The molecular formula is C13H22N4. The van der Waals surface area contributed by atoms with E-state index in [4.69, 9.17) is 4.98 Å². The van der Waals surface area contributed by atoms with E-state index < -0.39 is 0 Å². The minimum atomic E-state index is 0.435. The summed E-state index contributed by atoms with van der Waals surface area (Å²) < 4.78 is 0. The monoisotopic (exact) mass is 234 g/mol. The Morgan fingerprint density at radius 1 is 0.941 bits per heavy atom. The van der Waals surface area contributed by atoms with Gasteiger partial charge < -0.3 is 5.32 Å². The molecule has 0 bridgehead atoms. The van der Waals surface area contributed by atoms with Gasteiger partial charge in [-0.3, -0.25) is 5.10 Å². The molecule has 94 valence electrons. The average molecular weight is 234 g/mol. The molecule has 0 spiro atoms. The van der Waals surface area contributed by atoms with E-state index in [1.54, 1.807) is 0 Å². The van der Waals surface area contributed by atoms with Gasteiger partial charge in [-0.05, 0) is 25.8 Å². The van der Waals surface area contributed by atoms with Gasteiger partial charge in [0.15, 0.2) is 5.82 Å². The molecule has 0 aromatic carbocycles. The van der Waals surface area contributed by atoms with E-state index >= 15 is 0 Å². The topological polar surface area (TPSA) is 53.6 Å². The summed E-state index contributed by atoms with van der Waals surface area (Å²) in [7, 11) is 0. The van der Waals surface area contributed by atoms with Crippen molar-refractivity contribution in [1.29, 1.82) is 0 Å². The van der Waals surface area contributed by atoms with Gasteiger partial charge in [0.2, 0.25) is 0 Å². The van der Waals surface area contributed by atoms with Crippen molar-refractivity contribution in [3.8, 4) is 0 Å². The molecule has 1 saturated carbocycles. The summed E-state index contributed by atoms with van der Waals surface area (Å²) in [6.07, 6.45) is 10.6. The first kappa shape index (κ1) is 11.2. The quantitative estimate of drug-likeness (QED) is 0.827. The molecule has 2 fully saturated rings. The van der Waals surface area contributed by atoms with Gasteiger partial charge in [-0.2, -0.15) is 5.10 Å². The third-order valence-corrected chi connectivity index (χ3v) is 4.14. The lowest BCUT2D eigenvalue weighted by atomic mass is 9.91. The highest BCUT2D eigenvalue weighted by molar-refractivity contribution is 5.04. The fourth-order valence-corrected chi connectivity index (χ4v) is 2.86. The predicted molar refractivity (Wildman–Crippen MR) is 66.8 cm³/mol. The highest BCUT2D eigenvalue weighted by Crippen LogP contribution is 2.29. The molecule has 4 heteroatoms. The molecule has 2 aliphatic rings. The Morgan fingerprint density at radius 2 is 1.65 bits per heavy atom. The van der Waals surface area contributed by atoms with Crippen LogP contribution in [0.25, 0.3) is 0 Å². The maximum absolute atomic E-state index is 4.70. The smallest absolute Gasteiger partial charge is 0.153 e. The zero-order valence-electron chi connectivity index (χ0n) is 10.4. The lowest BCUT2D eigenvalue weighted by Crippen LogP contribution is -2.35. The first-order valence-electron chi connectivity index (χ1n) is 7.09. The largest absolute Gasteiger partial charge is 0.307 e. The molecule has 1 aromatic heterocycles. The highest BCUT2D eigenvalue weighted by Gasteiger charge is 2.24. The Balaban J connectivity index is 1.66. The lowest BCUT2D eigenvalue weighted by molar-refractivity contribution is 0.366. The maximum atomic E-state index is 4.70. The van der Waals surface area contributed by atoms with Crippen molar-refractivity contribution in [3.63, 3.8) is 0 Å². The summed E-state index contributed by atoms with van der Waals surface area (Å²) in [5.41, 5.74) is 0. The van der Waals surface area contributed by atoms with Gasteiger partial charge in [0.05, 0.1) is 6.04 Å². The van der Waals surface area contributed by atoms with E-state index in [1.807, 2.05) is 0 Å². The number of aromatic amines is 1. The first-order chi connectivity index (χ1) is 8.43. The molecular weight excluding hydrogens is 212 g/mol. The maximum Gasteiger partial charge on any atom is 0.153 e. The minimum absolute atomic E-state index is 0.435. The van der Waals surface area contributed by atoms with Gasteiger partial charge in [0, 0.05) is 5.92 Å². The van der Waals surface area contributed by atoms with Crippen molar-refractivity contribution in [2.45, 2.75) is 63.3 Å². The van der Waals surface area contributed by atoms with E-state index in [9.17, 15) is 0 Å². The van der Waals surface area contributed by atoms with Crippen LogP contribution in [0.4, 0.5) is 0 Å². The third-order valence-electron chi connectivity index (χ3n) is 4.14. The van der Waals surface area contributed by atoms with Crippen LogP contribution in [0.5, 0.6) is 0 Å². The van der Waals surface area contributed by atoms with Crippen LogP contribution < -0.4 is 5.32 Å². The van der Waals surface area contributed by atoms with Crippen molar-refractivity contribution >= 4 is 0 Å². The van der Waals surface area contributed by atoms with Gasteiger partial charge in [-0.1, -0.05) is 32.1 Å². The van der Waals surface area contributed by atoms with Crippen molar-refractivity contribution < 1.29 is 0 Å². The van der Waals surface area contributed by atoms with Crippen molar-refractivity contribution in [3.05, 3.63) is 11.6 Å². The van der Waals surface area contributed by atoms with Gasteiger partial charge >= 0.3 is 0 Å². The Bertz CT molecular complexity index is 348. The Hall–Kier alpha value is -0.900. The molecule has 1 atom stereocenters. The summed E-state index contributed by atoms with van der Waals surface area (Å²) >= 11 is 0. The molecule has 1 saturated heterocycles. The number of hydrogen-bond acceptors (Lipinski definition) is 3. The Labute approximate surface area is 103 Å². The van der Waals surface area contributed by atoms with Crippen LogP contribution in [0.15, 0.2) is 0 Å². The molecule has 2 N–H and O–H groups in total. The fraction of sp³-hybridized carbons (Fsp3) is 0.846. The number of H-pyrrole nitrogens is 1. The van der Waals surface area contributed by atoms with Crippen LogP contribution in [-0.2, 0) is 0 Å². The zero-order chi connectivity index (χ0) is 11.5. The van der Waals surface area contributed by atoms with E-state index in [0.717, 1.165) is 18.2 Å². The molecule has 1 aliphatic carbocycles. The summed E-state index contributed by atoms with van der Waals surface area (Å²) in [5, 5.41) is 10.9. The van der Waals surface area contributed by atoms with Gasteiger partial charge in [-0.25, -0.2) is 4.98 Å².